The van der Waals surface area contributed by atoms with Crippen molar-refractivity contribution in [1.29, 1.82) is 0 Å². The molecule has 0 aliphatic carbocycles. The van der Waals surface area contributed by atoms with Crippen molar-refractivity contribution in [2.24, 2.45) is 0 Å². The van der Waals surface area contributed by atoms with Gasteiger partial charge in [0.05, 0.1) is 6.61 Å². The molecule has 2 aromatic rings. The number of esters is 1. The molecule has 1 aromatic carbocycles. The van der Waals surface area contributed by atoms with Gasteiger partial charge in [0, 0.05) is 23.3 Å². The third-order valence-electron chi connectivity index (χ3n) is 2.67. The van der Waals surface area contributed by atoms with E-state index in [4.69, 9.17) is 4.74 Å². The third-order valence-corrected chi connectivity index (χ3v) is 2.67. The van der Waals surface area contributed by atoms with E-state index in [-0.39, 0.29) is 17.9 Å². The Morgan fingerprint density at radius 3 is 2.79 bits per heavy atom. The number of halogens is 1. The van der Waals surface area contributed by atoms with Crippen LogP contribution in [0.3, 0.4) is 0 Å². The van der Waals surface area contributed by atoms with E-state index in [2.05, 4.69) is 4.98 Å². The fraction of sp³-hybridized carbons (Fsp3) is 0.231. The normalized spacial score (nSPS) is 10.6. The van der Waals surface area contributed by atoms with Gasteiger partial charge in [0.15, 0.2) is 0 Å². The van der Waals surface area contributed by atoms with Crippen LogP contribution in [0.5, 0.6) is 0 Å². The highest BCUT2D eigenvalue weighted by Gasteiger charge is 2.19. The Labute approximate surface area is 108 Å². The lowest BCUT2D eigenvalue weighted by Crippen LogP contribution is -2.25. The molecule has 0 fully saturated rings. The summed E-state index contributed by atoms with van der Waals surface area (Å²) in [5, 5.41) is 11.1. The number of benzene rings is 1. The number of rotatable bonds is 4. The van der Waals surface area contributed by atoms with Crippen LogP contribution < -0.4 is 5.11 Å². The summed E-state index contributed by atoms with van der Waals surface area (Å²) >= 11 is 0. The van der Waals surface area contributed by atoms with Crippen molar-refractivity contribution < 1.29 is 23.8 Å². The molecule has 100 valence electrons. The second kappa shape index (κ2) is 5.09. The molecule has 6 heteroatoms. The summed E-state index contributed by atoms with van der Waals surface area (Å²) < 4.78 is 18.1. The highest BCUT2D eigenvalue weighted by molar-refractivity contribution is 6.00. The second-order valence-corrected chi connectivity index (χ2v) is 3.94. The Kier molecular flexibility index (Phi) is 3.50. The third kappa shape index (κ3) is 2.57. The first kappa shape index (κ1) is 13.1. The summed E-state index contributed by atoms with van der Waals surface area (Å²) in [5.41, 5.74) is 0.667. The minimum atomic E-state index is -1.35. The molecule has 5 nitrogen and oxygen atoms in total. The van der Waals surface area contributed by atoms with Gasteiger partial charge < -0.3 is 19.6 Å². The van der Waals surface area contributed by atoms with Crippen LogP contribution in [0.25, 0.3) is 10.9 Å². The summed E-state index contributed by atoms with van der Waals surface area (Å²) in [6.07, 6.45) is -0.488. The number of carboxylic acids is 1. The van der Waals surface area contributed by atoms with Gasteiger partial charge in [-0.25, -0.2) is 9.18 Å². The van der Waals surface area contributed by atoms with Crippen molar-refractivity contribution >= 4 is 22.8 Å². The number of fused-ring (bicyclic) bond motifs is 1. The van der Waals surface area contributed by atoms with Crippen molar-refractivity contribution in [1.82, 2.24) is 4.98 Å². The van der Waals surface area contributed by atoms with Crippen molar-refractivity contribution in [3.05, 3.63) is 35.3 Å². The van der Waals surface area contributed by atoms with E-state index < -0.39 is 24.2 Å². The van der Waals surface area contributed by atoms with Crippen LogP contribution in [0.1, 0.15) is 23.0 Å². The zero-order valence-corrected chi connectivity index (χ0v) is 10.2. The maximum absolute atomic E-state index is 13.2. The number of nitrogens with one attached hydrogen (secondary N) is 1. The Hall–Kier alpha value is -2.37. The molecule has 0 saturated carbocycles. The summed E-state index contributed by atoms with van der Waals surface area (Å²) in [7, 11) is 0. The Morgan fingerprint density at radius 2 is 2.16 bits per heavy atom. The van der Waals surface area contributed by atoms with E-state index in [1.165, 1.54) is 18.2 Å². The first-order valence-electron chi connectivity index (χ1n) is 5.70. The average molecular weight is 264 g/mol. The lowest BCUT2D eigenvalue weighted by molar-refractivity contribution is -0.304. The molecular weight excluding hydrogens is 253 g/mol. The van der Waals surface area contributed by atoms with Crippen molar-refractivity contribution in [2.75, 3.05) is 6.61 Å². The van der Waals surface area contributed by atoms with Crippen LogP contribution in [-0.4, -0.2) is 23.5 Å². The zero-order valence-electron chi connectivity index (χ0n) is 10.2. The molecule has 0 amide bonds. The summed E-state index contributed by atoms with van der Waals surface area (Å²) in [6.45, 7) is 1.80. The van der Waals surface area contributed by atoms with Crippen LogP contribution in [-0.2, 0) is 16.0 Å². The number of aromatic amines is 1. The number of H-pyrrole nitrogens is 1. The smallest absolute Gasteiger partial charge is 0.355 e. The van der Waals surface area contributed by atoms with E-state index in [1.807, 2.05) is 0 Å². The number of aromatic nitrogens is 1. The molecule has 0 bridgehead atoms. The summed E-state index contributed by atoms with van der Waals surface area (Å²) in [5.74, 6) is -2.53. The highest BCUT2D eigenvalue weighted by atomic mass is 19.1. The summed E-state index contributed by atoms with van der Waals surface area (Å²) in [6, 6.07) is 3.83. The Morgan fingerprint density at radius 1 is 1.42 bits per heavy atom. The van der Waals surface area contributed by atoms with Gasteiger partial charge >= 0.3 is 5.97 Å². The largest absolute Gasteiger partial charge is 0.550 e. The average Bonchev–Trinajstić information content (AvgIpc) is 2.67. The Balaban J connectivity index is 2.61. The standard InChI is InChI=1S/C13H12FNO4/c1-2-19-13(18)12-9(6-11(16)17)8-5-7(14)3-4-10(8)15-12/h3-5,15H,2,6H2,1H3,(H,16,17)/p-1. The molecule has 1 heterocycles. The van der Waals surface area contributed by atoms with Crippen molar-refractivity contribution in [2.45, 2.75) is 13.3 Å². The molecule has 19 heavy (non-hydrogen) atoms. The molecule has 0 unspecified atom stereocenters. The second-order valence-electron chi connectivity index (χ2n) is 3.94. The van der Waals surface area contributed by atoms with Gasteiger partial charge in [-0.1, -0.05) is 0 Å². The van der Waals surface area contributed by atoms with E-state index in [0.29, 0.717) is 10.9 Å². The molecule has 0 radical (unpaired) electrons. The van der Waals surface area contributed by atoms with Crippen LogP contribution >= 0.6 is 0 Å². The highest BCUT2D eigenvalue weighted by Crippen LogP contribution is 2.24. The van der Waals surface area contributed by atoms with Gasteiger partial charge in [-0.2, -0.15) is 0 Å². The SMILES string of the molecule is CCOC(=O)c1[nH]c2ccc(F)cc2c1CC(=O)[O-]. The lowest BCUT2D eigenvalue weighted by atomic mass is 10.1. The first-order valence-corrected chi connectivity index (χ1v) is 5.70. The van der Waals surface area contributed by atoms with E-state index in [0.717, 1.165) is 0 Å². The molecule has 1 N–H and O–H groups in total. The number of carbonyl (C=O) groups excluding carboxylic acids is 2. The minimum absolute atomic E-state index is 0.0200. The van der Waals surface area contributed by atoms with Gasteiger partial charge in [0.2, 0.25) is 0 Å². The number of hydrogen-bond acceptors (Lipinski definition) is 4. The molecule has 0 atom stereocenters. The Bertz CT molecular complexity index is 647. The number of carbonyl (C=O) groups is 2. The van der Waals surface area contributed by atoms with Crippen molar-refractivity contribution in [3.63, 3.8) is 0 Å². The van der Waals surface area contributed by atoms with E-state index in [1.54, 1.807) is 6.92 Å². The number of ether oxygens (including phenoxy) is 1. The molecule has 2 rings (SSSR count). The zero-order chi connectivity index (χ0) is 14.0. The molecule has 0 saturated heterocycles. The number of carboxylic acid groups (broad SMARTS) is 1. The van der Waals surface area contributed by atoms with Gasteiger partial charge in [-0.3, -0.25) is 0 Å². The fourth-order valence-electron chi connectivity index (χ4n) is 1.93. The minimum Gasteiger partial charge on any atom is -0.550 e. The van der Waals surface area contributed by atoms with Crippen LogP contribution in [0.15, 0.2) is 18.2 Å². The molecule has 0 aliphatic heterocycles. The molecular formula is C13H11FNO4-. The quantitative estimate of drug-likeness (QED) is 0.827. The van der Waals surface area contributed by atoms with Gasteiger partial charge in [-0.15, -0.1) is 0 Å². The molecule has 0 aliphatic rings. The lowest BCUT2D eigenvalue weighted by Gasteiger charge is -2.05. The predicted octanol–water partition coefficient (Wildman–Crippen LogP) is 0.776. The van der Waals surface area contributed by atoms with Crippen molar-refractivity contribution in [3.8, 4) is 0 Å². The van der Waals surface area contributed by atoms with Crippen LogP contribution in [0, 0.1) is 5.82 Å². The maximum Gasteiger partial charge on any atom is 0.355 e. The summed E-state index contributed by atoms with van der Waals surface area (Å²) in [4.78, 5) is 25.2. The van der Waals surface area contributed by atoms with Gasteiger partial charge in [0.1, 0.15) is 11.5 Å². The van der Waals surface area contributed by atoms with Gasteiger partial charge in [0.25, 0.3) is 0 Å². The number of hydrogen-bond donors (Lipinski definition) is 1. The fourth-order valence-corrected chi connectivity index (χ4v) is 1.93. The topological polar surface area (TPSA) is 82.2 Å². The van der Waals surface area contributed by atoms with E-state index in [9.17, 15) is 19.1 Å². The predicted molar refractivity (Wildman–Crippen MR) is 62.9 cm³/mol. The monoisotopic (exact) mass is 264 g/mol. The first-order chi connectivity index (χ1) is 9.02. The maximum atomic E-state index is 13.2. The number of aliphatic carboxylic acids is 1. The van der Waals surface area contributed by atoms with Gasteiger partial charge in [-0.05, 0) is 30.7 Å². The van der Waals surface area contributed by atoms with E-state index >= 15 is 0 Å². The molecule has 1 aromatic heterocycles. The van der Waals surface area contributed by atoms with Crippen LogP contribution in [0.4, 0.5) is 4.39 Å². The molecule has 0 spiro atoms. The van der Waals surface area contributed by atoms with Crippen LogP contribution in [0.2, 0.25) is 0 Å².